The number of nitrogens with zero attached hydrogens (tertiary/aromatic N) is 3. The Kier molecular flexibility index (Phi) is 2.78. The SMILES string of the molecule is O=c1[nH]nc(C(F)(F)F)c2cn(-c3ccc(F)cc3)nc12. The summed E-state index contributed by atoms with van der Waals surface area (Å²) in [6, 6.07) is 4.93. The fraction of sp³-hybridized carbons (Fsp3) is 0.0833. The van der Waals surface area contributed by atoms with Crippen molar-refractivity contribution >= 4 is 10.9 Å². The number of hydrogen-bond donors (Lipinski definition) is 1. The zero-order valence-electron chi connectivity index (χ0n) is 10.1. The first-order valence-electron chi connectivity index (χ1n) is 5.67. The molecule has 2 aromatic heterocycles. The molecule has 0 aliphatic heterocycles. The summed E-state index contributed by atoms with van der Waals surface area (Å²) >= 11 is 0. The van der Waals surface area contributed by atoms with Crippen LogP contribution >= 0.6 is 0 Å². The predicted molar refractivity (Wildman–Crippen MR) is 64.4 cm³/mol. The van der Waals surface area contributed by atoms with Crippen LogP contribution in [-0.2, 0) is 6.18 Å². The van der Waals surface area contributed by atoms with Gasteiger partial charge in [-0.05, 0) is 24.3 Å². The van der Waals surface area contributed by atoms with Crippen molar-refractivity contribution in [3.63, 3.8) is 0 Å². The van der Waals surface area contributed by atoms with E-state index in [2.05, 4.69) is 10.2 Å². The molecule has 0 unspecified atom stereocenters. The van der Waals surface area contributed by atoms with Crippen LogP contribution in [0.5, 0.6) is 0 Å². The number of hydrogen-bond acceptors (Lipinski definition) is 3. The van der Waals surface area contributed by atoms with Gasteiger partial charge < -0.3 is 0 Å². The average molecular weight is 298 g/mol. The van der Waals surface area contributed by atoms with Crippen molar-refractivity contribution in [2.75, 3.05) is 0 Å². The maximum absolute atomic E-state index is 12.8. The van der Waals surface area contributed by atoms with Gasteiger partial charge in [-0.3, -0.25) is 4.79 Å². The van der Waals surface area contributed by atoms with Crippen LogP contribution in [0.4, 0.5) is 17.6 Å². The fourth-order valence-corrected chi connectivity index (χ4v) is 1.88. The number of alkyl halides is 3. The summed E-state index contributed by atoms with van der Waals surface area (Å²) in [7, 11) is 0. The molecule has 0 bridgehead atoms. The Labute approximate surface area is 113 Å². The van der Waals surface area contributed by atoms with Crippen LogP contribution in [-0.4, -0.2) is 20.0 Å². The minimum absolute atomic E-state index is 0.320. The lowest BCUT2D eigenvalue weighted by Crippen LogP contribution is -2.16. The molecule has 0 radical (unpaired) electrons. The zero-order chi connectivity index (χ0) is 15.2. The first-order valence-corrected chi connectivity index (χ1v) is 5.67. The molecular formula is C12H6F4N4O. The molecule has 0 saturated carbocycles. The smallest absolute Gasteiger partial charge is 0.265 e. The van der Waals surface area contributed by atoms with Crippen LogP contribution in [0.2, 0.25) is 0 Å². The van der Waals surface area contributed by atoms with Gasteiger partial charge in [0.05, 0.1) is 11.1 Å². The van der Waals surface area contributed by atoms with Gasteiger partial charge in [0.2, 0.25) is 0 Å². The lowest BCUT2D eigenvalue weighted by Gasteiger charge is -2.04. The van der Waals surface area contributed by atoms with Gasteiger partial charge in [0, 0.05) is 6.20 Å². The zero-order valence-corrected chi connectivity index (χ0v) is 10.1. The molecule has 9 heteroatoms. The van der Waals surface area contributed by atoms with Crippen molar-refractivity contribution in [1.82, 2.24) is 20.0 Å². The fourth-order valence-electron chi connectivity index (χ4n) is 1.88. The second-order valence-electron chi connectivity index (χ2n) is 4.21. The number of nitrogens with one attached hydrogen (secondary N) is 1. The second-order valence-corrected chi connectivity index (χ2v) is 4.21. The third-order valence-corrected chi connectivity index (χ3v) is 2.81. The van der Waals surface area contributed by atoms with Crippen LogP contribution in [0.15, 0.2) is 35.3 Å². The summed E-state index contributed by atoms with van der Waals surface area (Å²) in [4.78, 5) is 11.5. The minimum Gasteiger partial charge on any atom is -0.265 e. The van der Waals surface area contributed by atoms with Crippen LogP contribution in [0.3, 0.4) is 0 Å². The van der Waals surface area contributed by atoms with Crippen molar-refractivity contribution in [1.29, 1.82) is 0 Å². The number of fused-ring (bicyclic) bond motifs is 1. The number of benzene rings is 1. The van der Waals surface area contributed by atoms with Gasteiger partial charge in [0.1, 0.15) is 5.82 Å². The van der Waals surface area contributed by atoms with Gasteiger partial charge in [-0.15, -0.1) is 0 Å². The molecule has 3 rings (SSSR count). The molecular weight excluding hydrogens is 292 g/mol. The molecule has 1 aromatic carbocycles. The molecule has 0 saturated heterocycles. The number of halogens is 4. The monoisotopic (exact) mass is 298 g/mol. The lowest BCUT2D eigenvalue weighted by molar-refractivity contribution is -0.140. The van der Waals surface area contributed by atoms with Gasteiger partial charge >= 0.3 is 6.18 Å². The summed E-state index contributed by atoms with van der Waals surface area (Å²) in [5, 5.41) is 8.16. The topological polar surface area (TPSA) is 63.6 Å². The van der Waals surface area contributed by atoms with Crippen molar-refractivity contribution in [3.8, 4) is 5.69 Å². The van der Waals surface area contributed by atoms with Gasteiger partial charge in [0.15, 0.2) is 11.2 Å². The van der Waals surface area contributed by atoms with E-state index in [1.165, 1.54) is 12.1 Å². The molecule has 0 amide bonds. The highest BCUT2D eigenvalue weighted by Gasteiger charge is 2.36. The van der Waals surface area contributed by atoms with Crippen LogP contribution in [0.1, 0.15) is 5.69 Å². The van der Waals surface area contributed by atoms with Gasteiger partial charge in [-0.1, -0.05) is 0 Å². The number of H-pyrrole nitrogens is 1. The van der Waals surface area contributed by atoms with E-state index >= 15 is 0 Å². The molecule has 3 aromatic rings. The van der Waals surface area contributed by atoms with Crippen molar-refractivity contribution in [2.24, 2.45) is 0 Å². The first-order chi connectivity index (χ1) is 9.86. The Morgan fingerprint density at radius 2 is 1.81 bits per heavy atom. The maximum atomic E-state index is 12.8. The van der Waals surface area contributed by atoms with Crippen LogP contribution in [0.25, 0.3) is 16.6 Å². The Hall–Kier alpha value is -2.71. The molecule has 0 aliphatic carbocycles. The molecule has 0 spiro atoms. The van der Waals surface area contributed by atoms with E-state index in [4.69, 9.17) is 0 Å². The maximum Gasteiger partial charge on any atom is 0.435 e. The Bertz CT molecular complexity index is 864. The van der Waals surface area contributed by atoms with Crippen molar-refractivity contribution in [2.45, 2.75) is 6.18 Å². The van der Waals surface area contributed by atoms with E-state index in [1.54, 1.807) is 5.10 Å². The summed E-state index contributed by atoms with van der Waals surface area (Å²) in [5.41, 5.74) is -2.13. The largest absolute Gasteiger partial charge is 0.435 e. The van der Waals surface area contributed by atoms with Crippen LogP contribution in [0, 0.1) is 5.82 Å². The second kappa shape index (κ2) is 4.40. The third kappa shape index (κ3) is 2.26. The quantitative estimate of drug-likeness (QED) is 0.701. The van der Waals surface area contributed by atoms with E-state index in [9.17, 15) is 22.4 Å². The highest BCUT2D eigenvalue weighted by atomic mass is 19.4. The van der Waals surface area contributed by atoms with Gasteiger partial charge in [0.25, 0.3) is 5.56 Å². The van der Waals surface area contributed by atoms with Crippen molar-refractivity contribution < 1.29 is 17.6 Å². The average Bonchev–Trinajstić information content (AvgIpc) is 2.84. The summed E-state index contributed by atoms with van der Waals surface area (Å²) < 4.78 is 52.4. The van der Waals surface area contributed by atoms with Crippen molar-refractivity contribution in [3.05, 3.63) is 52.3 Å². The molecule has 21 heavy (non-hydrogen) atoms. The summed E-state index contributed by atoms with van der Waals surface area (Å²) in [5.74, 6) is -0.494. The van der Waals surface area contributed by atoms with E-state index in [0.29, 0.717) is 5.69 Å². The number of rotatable bonds is 1. The molecule has 0 atom stereocenters. The predicted octanol–water partition coefficient (Wildman–Crippen LogP) is 2.27. The van der Waals surface area contributed by atoms with E-state index in [-0.39, 0.29) is 5.52 Å². The molecule has 2 heterocycles. The molecule has 1 N–H and O–H groups in total. The number of aromatic amines is 1. The molecule has 0 fully saturated rings. The van der Waals surface area contributed by atoms with E-state index in [1.807, 2.05) is 0 Å². The molecule has 108 valence electrons. The molecule has 0 aliphatic rings. The van der Waals surface area contributed by atoms with Crippen LogP contribution < -0.4 is 5.56 Å². The standard InChI is InChI=1S/C12H6F4N4O/c13-6-1-3-7(4-2-6)20-5-8-9(19-20)11(21)18-17-10(8)12(14,15)16/h1-5H,(H,18,21). The normalized spacial score (nSPS) is 12.0. The Balaban J connectivity index is 2.26. The van der Waals surface area contributed by atoms with E-state index in [0.717, 1.165) is 23.0 Å². The third-order valence-electron chi connectivity index (χ3n) is 2.81. The Morgan fingerprint density at radius 1 is 1.14 bits per heavy atom. The lowest BCUT2D eigenvalue weighted by atomic mass is 10.2. The Morgan fingerprint density at radius 3 is 2.43 bits per heavy atom. The minimum atomic E-state index is -4.72. The van der Waals surface area contributed by atoms with Gasteiger partial charge in [-0.2, -0.15) is 23.4 Å². The van der Waals surface area contributed by atoms with E-state index < -0.39 is 28.6 Å². The summed E-state index contributed by atoms with van der Waals surface area (Å²) in [6.45, 7) is 0. The summed E-state index contributed by atoms with van der Waals surface area (Å²) in [6.07, 6.45) is -3.69. The molecule has 5 nitrogen and oxygen atoms in total. The highest BCUT2D eigenvalue weighted by Crippen LogP contribution is 2.31. The first kappa shape index (κ1) is 13.3. The highest BCUT2D eigenvalue weighted by molar-refractivity contribution is 5.80. The number of aromatic nitrogens is 4. The van der Waals surface area contributed by atoms with Gasteiger partial charge in [-0.25, -0.2) is 14.2 Å².